The summed E-state index contributed by atoms with van der Waals surface area (Å²) in [6.07, 6.45) is 3.23. The number of amides is 1. The number of nitro groups is 1. The number of benzene rings is 4. The summed E-state index contributed by atoms with van der Waals surface area (Å²) >= 11 is 15.6. The predicted molar refractivity (Wildman–Crippen MR) is 166 cm³/mol. The van der Waals surface area contributed by atoms with Gasteiger partial charge < -0.3 is 4.74 Å². The van der Waals surface area contributed by atoms with Gasteiger partial charge in [-0.1, -0.05) is 57.3 Å². The smallest absolute Gasteiger partial charge is 0.271 e. The molecule has 9 nitrogen and oxygen atoms in total. The summed E-state index contributed by atoms with van der Waals surface area (Å²) in [5, 5.41) is 20.9. The molecule has 1 amide bonds. The van der Waals surface area contributed by atoms with Crippen molar-refractivity contribution < 1.29 is 14.5 Å². The van der Waals surface area contributed by atoms with E-state index in [0.717, 1.165) is 15.6 Å². The molecule has 5 aromatic rings. The highest BCUT2D eigenvalue weighted by atomic mass is 79.9. The van der Waals surface area contributed by atoms with Crippen LogP contribution in [0.15, 0.2) is 107 Å². The Hall–Kier alpha value is -4.51. The molecule has 4 aromatic carbocycles. The normalized spacial score (nSPS) is 11.0. The zero-order valence-electron chi connectivity index (χ0n) is 21.6. The van der Waals surface area contributed by atoms with Gasteiger partial charge in [0.2, 0.25) is 0 Å². The van der Waals surface area contributed by atoms with Crippen molar-refractivity contribution in [3.63, 3.8) is 0 Å². The van der Waals surface area contributed by atoms with Crippen LogP contribution < -0.4 is 10.2 Å². The number of hydrogen-bond donors (Lipinski definition) is 1. The maximum atomic E-state index is 12.7. The van der Waals surface area contributed by atoms with Gasteiger partial charge in [0.05, 0.1) is 16.8 Å². The van der Waals surface area contributed by atoms with Crippen molar-refractivity contribution in [2.45, 2.75) is 6.61 Å². The molecule has 0 unspecified atom stereocenters. The van der Waals surface area contributed by atoms with Crippen molar-refractivity contribution in [2.24, 2.45) is 5.10 Å². The molecule has 0 spiro atoms. The van der Waals surface area contributed by atoms with E-state index < -0.39 is 10.8 Å². The number of hydrogen-bond acceptors (Lipinski definition) is 6. The molecule has 0 aliphatic carbocycles. The van der Waals surface area contributed by atoms with Gasteiger partial charge in [0.1, 0.15) is 18.1 Å². The number of non-ortho nitro benzene ring substituents is 1. The molecule has 0 bridgehead atoms. The molecule has 42 heavy (non-hydrogen) atoms. The molecule has 0 radical (unpaired) electrons. The Kier molecular flexibility index (Phi) is 8.97. The highest BCUT2D eigenvalue weighted by molar-refractivity contribution is 9.10. The van der Waals surface area contributed by atoms with Crippen LogP contribution in [0.1, 0.15) is 21.5 Å². The zero-order valence-corrected chi connectivity index (χ0v) is 24.7. The fourth-order valence-electron chi connectivity index (χ4n) is 3.90. The van der Waals surface area contributed by atoms with Gasteiger partial charge in [0.15, 0.2) is 0 Å². The molecule has 0 aliphatic heterocycles. The third-order valence-electron chi connectivity index (χ3n) is 6.08. The summed E-state index contributed by atoms with van der Waals surface area (Å²) in [4.78, 5) is 23.3. The molecule has 12 heteroatoms. The first kappa shape index (κ1) is 29.0. The van der Waals surface area contributed by atoms with Gasteiger partial charge in [-0.05, 0) is 60.7 Å². The van der Waals surface area contributed by atoms with Crippen molar-refractivity contribution in [1.29, 1.82) is 0 Å². The lowest BCUT2D eigenvalue weighted by Gasteiger charge is -2.08. The number of nitrogens with one attached hydrogen (secondary N) is 1. The largest absolute Gasteiger partial charge is 0.489 e. The fourth-order valence-corrected chi connectivity index (χ4v) is 4.63. The van der Waals surface area contributed by atoms with Crippen LogP contribution in [0.25, 0.3) is 16.9 Å². The number of halogens is 3. The van der Waals surface area contributed by atoms with Gasteiger partial charge in [-0.3, -0.25) is 14.9 Å². The highest BCUT2D eigenvalue weighted by Gasteiger charge is 2.13. The second kappa shape index (κ2) is 13.0. The van der Waals surface area contributed by atoms with Gasteiger partial charge in [-0.15, -0.1) is 0 Å². The summed E-state index contributed by atoms with van der Waals surface area (Å²) in [5.41, 5.74) is 6.38. The topological polar surface area (TPSA) is 112 Å². The predicted octanol–water partition coefficient (Wildman–Crippen LogP) is 7.86. The number of carbonyl (C=O) groups is 1. The van der Waals surface area contributed by atoms with Crippen LogP contribution in [0, 0.1) is 10.1 Å². The molecule has 1 heterocycles. The minimum absolute atomic E-state index is 0.0194. The van der Waals surface area contributed by atoms with Crippen LogP contribution in [0.3, 0.4) is 0 Å². The van der Waals surface area contributed by atoms with E-state index in [4.69, 9.17) is 27.9 Å². The molecule has 0 aliphatic rings. The Morgan fingerprint density at radius 1 is 1.02 bits per heavy atom. The first-order valence-corrected chi connectivity index (χ1v) is 13.9. The van der Waals surface area contributed by atoms with E-state index in [-0.39, 0.29) is 12.3 Å². The quantitative estimate of drug-likeness (QED) is 0.0979. The minimum Gasteiger partial charge on any atom is -0.489 e. The van der Waals surface area contributed by atoms with E-state index in [0.29, 0.717) is 38.3 Å². The van der Waals surface area contributed by atoms with Crippen LogP contribution >= 0.6 is 39.1 Å². The van der Waals surface area contributed by atoms with E-state index in [9.17, 15) is 14.9 Å². The van der Waals surface area contributed by atoms with Gasteiger partial charge in [-0.25, -0.2) is 10.1 Å². The first-order chi connectivity index (χ1) is 20.3. The zero-order chi connectivity index (χ0) is 29.6. The lowest BCUT2D eigenvalue weighted by molar-refractivity contribution is -0.384. The Morgan fingerprint density at radius 2 is 1.74 bits per heavy atom. The number of aromatic nitrogens is 2. The Morgan fingerprint density at radius 3 is 2.40 bits per heavy atom. The van der Waals surface area contributed by atoms with E-state index >= 15 is 0 Å². The third kappa shape index (κ3) is 7.03. The number of carbonyl (C=O) groups excluding carboxylic acids is 1. The standard InChI is InChI=1S/C30H20BrCl2N5O4/c31-23-6-1-19(2-7-23)29-22(17-37(36-29)25-9-11-26(12-10-25)38(40)41)16-34-35-30(39)20-4-13-27(14-5-20)42-18-21-3-8-24(32)15-28(21)33/h1-17H,18H2,(H,35,39)/b34-16+. The number of rotatable bonds is 9. The molecule has 210 valence electrons. The number of ether oxygens (including phenoxy) is 1. The summed E-state index contributed by atoms with van der Waals surface area (Å²) < 4.78 is 8.28. The number of hydrazone groups is 1. The summed E-state index contributed by atoms with van der Waals surface area (Å²) in [5.74, 6) is 0.158. The van der Waals surface area contributed by atoms with E-state index in [2.05, 4.69) is 31.6 Å². The SMILES string of the molecule is O=C(N/N=C/c1cn(-c2ccc([N+](=O)[O-])cc2)nc1-c1ccc(Br)cc1)c1ccc(OCc2ccc(Cl)cc2Cl)cc1. The molecule has 1 N–H and O–H groups in total. The van der Waals surface area contributed by atoms with Crippen molar-refractivity contribution in [1.82, 2.24) is 15.2 Å². The van der Waals surface area contributed by atoms with Crippen LogP contribution in [-0.4, -0.2) is 26.8 Å². The fraction of sp³-hybridized carbons (Fsp3) is 0.0333. The van der Waals surface area contributed by atoms with Crippen LogP contribution in [0.2, 0.25) is 10.0 Å². The molecule has 0 atom stereocenters. The highest BCUT2D eigenvalue weighted by Crippen LogP contribution is 2.26. The monoisotopic (exact) mass is 663 g/mol. The van der Waals surface area contributed by atoms with E-state index in [1.165, 1.54) is 18.3 Å². The Bertz CT molecular complexity index is 1770. The lowest BCUT2D eigenvalue weighted by atomic mass is 10.1. The lowest BCUT2D eigenvalue weighted by Crippen LogP contribution is -2.17. The van der Waals surface area contributed by atoms with Gasteiger partial charge in [0.25, 0.3) is 11.6 Å². The maximum Gasteiger partial charge on any atom is 0.271 e. The summed E-state index contributed by atoms with van der Waals surface area (Å²) in [7, 11) is 0. The Labute approximate surface area is 258 Å². The Balaban J connectivity index is 1.29. The number of nitro benzene ring substituents is 1. The van der Waals surface area contributed by atoms with Gasteiger partial charge in [0, 0.05) is 55.1 Å². The van der Waals surface area contributed by atoms with E-state index in [1.807, 2.05) is 24.3 Å². The molecular formula is C30H20BrCl2N5O4. The number of nitrogens with zero attached hydrogens (tertiary/aromatic N) is 4. The third-order valence-corrected chi connectivity index (χ3v) is 7.20. The first-order valence-electron chi connectivity index (χ1n) is 12.4. The molecular weight excluding hydrogens is 645 g/mol. The van der Waals surface area contributed by atoms with Crippen molar-refractivity contribution in [2.75, 3.05) is 0 Å². The average Bonchev–Trinajstić information content (AvgIpc) is 3.41. The van der Waals surface area contributed by atoms with Crippen LogP contribution in [0.4, 0.5) is 5.69 Å². The molecule has 1 aromatic heterocycles. The van der Waals surface area contributed by atoms with Gasteiger partial charge in [-0.2, -0.15) is 10.2 Å². The maximum absolute atomic E-state index is 12.7. The van der Waals surface area contributed by atoms with Crippen molar-refractivity contribution in [3.05, 3.63) is 139 Å². The second-order valence-corrected chi connectivity index (χ2v) is 10.7. The second-order valence-electron chi connectivity index (χ2n) is 8.91. The minimum atomic E-state index is -0.459. The summed E-state index contributed by atoms with van der Waals surface area (Å²) in [6.45, 7) is 0.250. The molecule has 5 rings (SSSR count). The van der Waals surface area contributed by atoms with Crippen LogP contribution in [0.5, 0.6) is 5.75 Å². The molecule has 0 saturated carbocycles. The summed E-state index contributed by atoms with van der Waals surface area (Å²) in [6, 6.07) is 25.4. The average molecular weight is 665 g/mol. The molecule has 0 saturated heterocycles. The van der Waals surface area contributed by atoms with E-state index in [1.54, 1.807) is 65.5 Å². The molecule has 0 fully saturated rings. The van der Waals surface area contributed by atoms with Gasteiger partial charge >= 0.3 is 0 Å². The van der Waals surface area contributed by atoms with Crippen LogP contribution in [-0.2, 0) is 6.61 Å². The van der Waals surface area contributed by atoms with Crippen molar-refractivity contribution >= 4 is 56.9 Å². The van der Waals surface area contributed by atoms with Crippen molar-refractivity contribution in [3.8, 4) is 22.7 Å².